The van der Waals surface area contributed by atoms with Gasteiger partial charge in [-0.2, -0.15) is 0 Å². The first-order chi connectivity index (χ1) is 8.70. The maximum absolute atomic E-state index is 9.21. The maximum Gasteiger partial charge on any atom is 0.131 e. The molecule has 0 saturated carbocycles. The van der Waals surface area contributed by atoms with Crippen molar-refractivity contribution in [3.05, 3.63) is 58.9 Å². The van der Waals surface area contributed by atoms with Gasteiger partial charge in [-0.25, -0.2) is 0 Å². The summed E-state index contributed by atoms with van der Waals surface area (Å²) in [5.74, 6) is 0.857. The summed E-state index contributed by atoms with van der Waals surface area (Å²) >= 11 is 0. The SMILES string of the molecule is Cc1ccc(OCc2ncccc2CO)c(C)c1. The Balaban J connectivity index is 2.11. The molecule has 0 radical (unpaired) electrons. The summed E-state index contributed by atoms with van der Waals surface area (Å²) in [4.78, 5) is 4.23. The molecule has 3 heteroatoms. The van der Waals surface area contributed by atoms with Crippen LogP contribution in [0.25, 0.3) is 0 Å². The molecule has 0 bridgehead atoms. The van der Waals surface area contributed by atoms with Crippen LogP contribution in [0.15, 0.2) is 36.5 Å². The Kier molecular flexibility index (Phi) is 3.95. The van der Waals surface area contributed by atoms with E-state index in [-0.39, 0.29) is 6.61 Å². The van der Waals surface area contributed by atoms with Crippen molar-refractivity contribution in [3.8, 4) is 5.75 Å². The van der Waals surface area contributed by atoms with Crippen LogP contribution in [0.2, 0.25) is 0 Å². The van der Waals surface area contributed by atoms with E-state index in [9.17, 15) is 5.11 Å². The second-order valence-electron chi connectivity index (χ2n) is 4.32. The second-order valence-corrected chi connectivity index (χ2v) is 4.32. The fraction of sp³-hybridized carbons (Fsp3) is 0.267. The number of rotatable bonds is 4. The molecular formula is C15H17NO2. The standard InChI is InChI=1S/C15H17NO2/c1-11-5-6-15(12(2)8-11)18-10-14-13(9-17)4-3-7-16-14/h3-8,17H,9-10H2,1-2H3. The van der Waals surface area contributed by atoms with E-state index in [2.05, 4.69) is 18.0 Å². The Morgan fingerprint density at radius 3 is 2.78 bits per heavy atom. The van der Waals surface area contributed by atoms with Gasteiger partial charge >= 0.3 is 0 Å². The highest BCUT2D eigenvalue weighted by Crippen LogP contribution is 2.20. The number of hydrogen-bond acceptors (Lipinski definition) is 3. The van der Waals surface area contributed by atoms with Crippen molar-refractivity contribution >= 4 is 0 Å². The van der Waals surface area contributed by atoms with Crippen molar-refractivity contribution in [1.82, 2.24) is 4.98 Å². The molecule has 0 aliphatic rings. The Bertz CT molecular complexity index is 538. The van der Waals surface area contributed by atoms with E-state index >= 15 is 0 Å². The molecule has 0 fully saturated rings. The van der Waals surface area contributed by atoms with Crippen LogP contribution in [-0.4, -0.2) is 10.1 Å². The molecule has 94 valence electrons. The molecule has 3 nitrogen and oxygen atoms in total. The van der Waals surface area contributed by atoms with Gasteiger partial charge in [-0.15, -0.1) is 0 Å². The summed E-state index contributed by atoms with van der Waals surface area (Å²) in [5, 5.41) is 9.21. The summed E-state index contributed by atoms with van der Waals surface area (Å²) in [5.41, 5.74) is 3.91. The average molecular weight is 243 g/mol. The first-order valence-electron chi connectivity index (χ1n) is 5.94. The molecule has 18 heavy (non-hydrogen) atoms. The third kappa shape index (κ3) is 2.87. The smallest absolute Gasteiger partial charge is 0.131 e. The van der Waals surface area contributed by atoms with Crippen molar-refractivity contribution in [3.63, 3.8) is 0 Å². The summed E-state index contributed by atoms with van der Waals surface area (Å²) in [7, 11) is 0. The first-order valence-corrected chi connectivity index (χ1v) is 5.94. The van der Waals surface area contributed by atoms with E-state index in [0.717, 1.165) is 22.6 Å². The summed E-state index contributed by atoms with van der Waals surface area (Å²) in [6, 6.07) is 9.74. The van der Waals surface area contributed by atoms with Crippen LogP contribution in [0.3, 0.4) is 0 Å². The Morgan fingerprint density at radius 1 is 1.22 bits per heavy atom. The number of aliphatic hydroxyl groups is 1. The molecule has 1 aromatic carbocycles. The minimum Gasteiger partial charge on any atom is -0.487 e. The zero-order chi connectivity index (χ0) is 13.0. The van der Waals surface area contributed by atoms with Crippen molar-refractivity contribution in [2.45, 2.75) is 27.1 Å². The summed E-state index contributed by atoms with van der Waals surface area (Å²) in [6.07, 6.45) is 1.71. The third-order valence-corrected chi connectivity index (χ3v) is 2.85. The molecule has 2 aromatic rings. The number of aryl methyl sites for hydroxylation is 2. The van der Waals surface area contributed by atoms with Crippen LogP contribution in [0.1, 0.15) is 22.4 Å². The molecular weight excluding hydrogens is 226 g/mol. The lowest BCUT2D eigenvalue weighted by Crippen LogP contribution is -2.03. The highest BCUT2D eigenvalue weighted by Gasteiger charge is 2.05. The van der Waals surface area contributed by atoms with Crippen LogP contribution in [0, 0.1) is 13.8 Å². The number of aromatic nitrogens is 1. The molecule has 0 aliphatic carbocycles. The highest BCUT2D eigenvalue weighted by atomic mass is 16.5. The molecule has 0 saturated heterocycles. The van der Waals surface area contributed by atoms with Gasteiger partial charge in [0.2, 0.25) is 0 Å². The van der Waals surface area contributed by atoms with E-state index < -0.39 is 0 Å². The minimum atomic E-state index is -0.0145. The number of hydrogen-bond donors (Lipinski definition) is 1. The van der Waals surface area contributed by atoms with Crippen molar-refractivity contribution < 1.29 is 9.84 Å². The van der Waals surface area contributed by atoms with Crippen molar-refractivity contribution in [2.75, 3.05) is 0 Å². The van der Waals surface area contributed by atoms with Crippen LogP contribution in [0.5, 0.6) is 5.75 Å². The lowest BCUT2D eigenvalue weighted by atomic mass is 10.1. The van der Waals surface area contributed by atoms with Gasteiger partial charge < -0.3 is 9.84 Å². The Morgan fingerprint density at radius 2 is 2.06 bits per heavy atom. The number of aliphatic hydroxyl groups excluding tert-OH is 1. The molecule has 0 amide bonds. The molecule has 1 aromatic heterocycles. The van der Waals surface area contributed by atoms with E-state index in [0.29, 0.717) is 6.61 Å². The predicted octanol–water partition coefficient (Wildman–Crippen LogP) is 2.77. The average Bonchev–Trinajstić information content (AvgIpc) is 2.38. The molecule has 0 spiro atoms. The zero-order valence-electron chi connectivity index (χ0n) is 10.7. The largest absolute Gasteiger partial charge is 0.487 e. The van der Waals surface area contributed by atoms with Gasteiger partial charge in [-0.3, -0.25) is 4.98 Å². The molecule has 0 atom stereocenters. The number of pyridine rings is 1. The van der Waals surface area contributed by atoms with Gasteiger partial charge in [0.15, 0.2) is 0 Å². The van der Waals surface area contributed by atoms with E-state index in [4.69, 9.17) is 4.74 Å². The Labute approximate surface area is 107 Å². The van der Waals surface area contributed by atoms with E-state index in [1.807, 2.05) is 31.2 Å². The molecule has 0 unspecified atom stereocenters. The monoisotopic (exact) mass is 243 g/mol. The van der Waals surface area contributed by atoms with Crippen LogP contribution < -0.4 is 4.74 Å². The van der Waals surface area contributed by atoms with Crippen molar-refractivity contribution in [1.29, 1.82) is 0 Å². The number of nitrogens with zero attached hydrogens (tertiary/aromatic N) is 1. The first kappa shape index (κ1) is 12.6. The fourth-order valence-corrected chi connectivity index (χ4v) is 1.85. The normalized spacial score (nSPS) is 10.4. The minimum absolute atomic E-state index is 0.0145. The fourth-order valence-electron chi connectivity index (χ4n) is 1.85. The molecule has 1 heterocycles. The quantitative estimate of drug-likeness (QED) is 0.897. The van der Waals surface area contributed by atoms with E-state index in [1.54, 1.807) is 6.20 Å². The number of ether oxygens (including phenoxy) is 1. The predicted molar refractivity (Wildman–Crippen MR) is 70.4 cm³/mol. The van der Waals surface area contributed by atoms with Gasteiger partial charge in [0, 0.05) is 11.8 Å². The van der Waals surface area contributed by atoms with Gasteiger partial charge in [0.25, 0.3) is 0 Å². The molecule has 2 rings (SSSR count). The van der Waals surface area contributed by atoms with Gasteiger partial charge in [0.1, 0.15) is 12.4 Å². The highest BCUT2D eigenvalue weighted by molar-refractivity contribution is 5.35. The van der Waals surface area contributed by atoms with E-state index in [1.165, 1.54) is 5.56 Å². The lowest BCUT2D eigenvalue weighted by Gasteiger charge is -2.11. The van der Waals surface area contributed by atoms with Crippen molar-refractivity contribution in [2.24, 2.45) is 0 Å². The van der Waals surface area contributed by atoms with Crippen LogP contribution >= 0.6 is 0 Å². The summed E-state index contributed by atoms with van der Waals surface area (Å²) < 4.78 is 5.75. The van der Waals surface area contributed by atoms with Crippen LogP contribution in [0.4, 0.5) is 0 Å². The summed E-state index contributed by atoms with van der Waals surface area (Å²) in [6.45, 7) is 4.44. The topological polar surface area (TPSA) is 42.4 Å². The van der Waals surface area contributed by atoms with Gasteiger partial charge in [-0.1, -0.05) is 23.8 Å². The van der Waals surface area contributed by atoms with Crippen LogP contribution in [-0.2, 0) is 13.2 Å². The number of benzene rings is 1. The maximum atomic E-state index is 9.21. The lowest BCUT2D eigenvalue weighted by molar-refractivity contribution is 0.266. The second kappa shape index (κ2) is 5.65. The Hall–Kier alpha value is -1.87. The molecule has 0 aliphatic heterocycles. The van der Waals surface area contributed by atoms with Gasteiger partial charge in [0.05, 0.1) is 12.3 Å². The van der Waals surface area contributed by atoms with Gasteiger partial charge in [-0.05, 0) is 31.5 Å². The molecule has 1 N–H and O–H groups in total. The third-order valence-electron chi connectivity index (χ3n) is 2.85. The zero-order valence-corrected chi connectivity index (χ0v) is 10.7.